The molecular formula is C18H15N7Na2O8S3. The molecule has 2 aliphatic heterocycles. The SMILES string of the molecule is O=C([O-])C1=C(CSc2nnnn2CS(=O)(=O)[O-])CS[C@@H]2[C@H](NC(=O)/C(=N/O)c3ccccc3)C(=O)N12.[Na+].[Na+]. The fourth-order valence-corrected chi connectivity index (χ4v) is 6.42. The summed E-state index contributed by atoms with van der Waals surface area (Å²) in [5.74, 6) is -4.04. The van der Waals surface area contributed by atoms with Crippen molar-refractivity contribution in [3.63, 3.8) is 0 Å². The molecule has 1 fully saturated rings. The van der Waals surface area contributed by atoms with Crippen molar-refractivity contribution in [2.45, 2.75) is 22.4 Å². The van der Waals surface area contributed by atoms with Gasteiger partial charge in [-0.05, 0) is 16.0 Å². The first-order valence-electron chi connectivity index (χ1n) is 9.89. The fraction of sp³-hybridized carbons (Fsp3) is 0.278. The molecule has 0 spiro atoms. The number of carboxylic acids is 1. The minimum absolute atomic E-state index is 0. The first-order valence-corrected chi connectivity index (χ1v) is 13.5. The molecular weight excluding hydrogens is 584 g/mol. The fourth-order valence-electron chi connectivity index (χ4n) is 3.50. The van der Waals surface area contributed by atoms with Gasteiger partial charge >= 0.3 is 59.1 Å². The van der Waals surface area contributed by atoms with E-state index in [1.807, 2.05) is 0 Å². The van der Waals surface area contributed by atoms with Crippen LogP contribution in [0.1, 0.15) is 5.56 Å². The van der Waals surface area contributed by atoms with E-state index in [0.29, 0.717) is 5.56 Å². The topological polar surface area (TPSA) is 223 Å². The van der Waals surface area contributed by atoms with E-state index in [1.165, 1.54) is 11.8 Å². The summed E-state index contributed by atoms with van der Waals surface area (Å²) in [4.78, 5) is 38.3. The van der Waals surface area contributed by atoms with Crippen molar-refractivity contribution in [1.82, 2.24) is 30.4 Å². The number of β-lactam (4-membered cyclic amide) rings is 1. The van der Waals surface area contributed by atoms with Crippen LogP contribution in [0.15, 0.2) is 51.9 Å². The molecule has 3 heterocycles. The molecule has 0 aliphatic carbocycles. The molecule has 0 saturated carbocycles. The van der Waals surface area contributed by atoms with Gasteiger partial charge in [0.15, 0.2) is 5.71 Å². The van der Waals surface area contributed by atoms with Crippen molar-refractivity contribution in [2.24, 2.45) is 5.16 Å². The second-order valence-electron chi connectivity index (χ2n) is 7.35. The Labute approximate surface area is 268 Å². The van der Waals surface area contributed by atoms with Crippen molar-refractivity contribution >= 4 is 57.1 Å². The first-order chi connectivity index (χ1) is 17.1. The van der Waals surface area contributed by atoms with Crippen LogP contribution in [0.2, 0.25) is 0 Å². The van der Waals surface area contributed by atoms with Crippen LogP contribution < -0.4 is 69.5 Å². The number of tetrazole rings is 1. The van der Waals surface area contributed by atoms with E-state index in [1.54, 1.807) is 30.3 Å². The molecule has 20 heteroatoms. The molecule has 1 aromatic heterocycles. The standard InChI is InChI=1S/C18H17N7O8S3.2Na/c26-14(11(21-30)9-4-2-1-3-5-9)19-12-15(27)25-13(17(28)29)10(6-34-16(12)25)7-35-18-20-22-23-24(18)8-36(31,32)33;;/h1-5,12,16,30H,6-8H2,(H,19,26)(H,28,29)(H,31,32,33);;/q;2*+1/p-2/b21-11+;;/t12-,16-;;/m1../s1. The Morgan fingerprint density at radius 3 is 2.55 bits per heavy atom. The molecule has 190 valence electrons. The zero-order valence-corrected chi connectivity index (χ0v) is 26.3. The molecule has 15 nitrogen and oxygen atoms in total. The van der Waals surface area contributed by atoms with Crippen molar-refractivity contribution < 1.29 is 96.8 Å². The summed E-state index contributed by atoms with van der Waals surface area (Å²) in [6.07, 6.45) is 0. The number of nitrogens with zero attached hydrogens (tertiary/aromatic N) is 6. The number of aliphatic carboxylic acids is 1. The first kappa shape index (κ1) is 32.7. The summed E-state index contributed by atoms with van der Waals surface area (Å²) in [6.45, 7) is 0. The van der Waals surface area contributed by atoms with Gasteiger partial charge in [0, 0.05) is 17.1 Å². The number of oxime groups is 1. The van der Waals surface area contributed by atoms with Crippen molar-refractivity contribution in [1.29, 1.82) is 0 Å². The summed E-state index contributed by atoms with van der Waals surface area (Å²) in [7, 11) is -4.67. The third-order valence-electron chi connectivity index (χ3n) is 5.04. The monoisotopic (exact) mass is 599 g/mol. The zero-order chi connectivity index (χ0) is 26.0. The molecule has 2 amide bonds. The maximum Gasteiger partial charge on any atom is 1.00 e. The number of thioether (sulfide) groups is 2. The van der Waals surface area contributed by atoms with Crippen LogP contribution in [0.3, 0.4) is 0 Å². The number of nitrogens with one attached hydrogen (secondary N) is 1. The van der Waals surface area contributed by atoms with E-state index in [4.69, 9.17) is 0 Å². The number of fused-ring (bicyclic) bond motifs is 1. The van der Waals surface area contributed by atoms with E-state index in [2.05, 4.69) is 26.0 Å². The Morgan fingerprint density at radius 2 is 1.95 bits per heavy atom. The number of rotatable bonds is 9. The molecule has 0 radical (unpaired) electrons. The summed E-state index contributed by atoms with van der Waals surface area (Å²) in [5.41, 5.74) is -0.0930. The molecule has 4 rings (SSSR count). The Kier molecular flexibility index (Phi) is 11.8. The van der Waals surface area contributed by atoms with E-state index in [9.17, 15) is 37.7 Å². The largest absolute Gasteiger partial charge is 1.00 e. The third kappa shape index (κ3) is 7.18. The minimum atomic E-state index is -4.67. The van der Waals surface area contributed by atoms with Crippen LogP contribution in [0.4, 0.5) is 0 Å². The smallest absolute Gasteiger partial charge is 0.747 e. The van der Waals surface area contributed by atoms with Crippen LogP contribution in [-0.2, 0) is 30.4 Å². The van der Waals surface area contributed by atoms with Gasteiger partial charge in [-0.2, -0.15) is 0 Å². The number of carboxylic acid groups (broad SMARTS) is 1. The van der Waals surface area contributed by atoms with Crippen LogP contribution >= 0.6 is 23.5 Å². The van der Waals surface area contributed by atoms with Crippen molar-refractivity contribution in [3.8, 4) is 0 Å². The zero-order valence-electron chi connectivity index (χ0n) is 19.9. The number of aromatic nitrogens is 4. The maximum atomic E-state index is 12.8. The van der Waals surface area contributed by atoms with Gasteiger partial charge in [0.2, 0.25) is 5.16 Å². The molecule has 0 unspecified atom stereocenters. The van der Waals surface area contributed by atoms with Gasteiger partial charge in [0.05, 0.1) is 11.7 Å². The number of amides is 2. The molecule has 2 aromatic rings. The second-order valence-corrected chi connectivity index (χ2v) is 10.8. The average molecular weight is 600 g/mol. The Hall–Kier alpha value is -1.48. The number of carbonyl (C=O) groups is 3. The number of carbonyl (C=O) groups excluding carboxylic acids is 3. The van der Waals surface area contributed by atoms with Gasteiger partial charge in [-0.15, -0.1) is 16.9 Å². The summed E-state index contributed by atoms with van der Waals surface area (Å²) in [5, 5.41) is 36.2. The van der Waals surface area contributed by atoms with Crippen molar-refractivity contribution in [2.75, 3.05) is 11.5 Å². The predicted octanol–water partition coefficient (Wildman–Crippen LogP) is -8.44. The summed E-state index contributed by atoms with van der Waals surface area (Å²) < 4.78 is 33.7. The number of hydrogen-bond donors (Lipinski definition) is 2. The van der Waals surface area contributed by atoms with E-state index < -0.39 is 45.2 Å². The number of benzene rings is 1. The molecule has 2 N–H and O–H groups in total. The molecule has 2 aliphatic rings. The van der Waals surface area contributed by atoms with Gasteiger partial charge in [-0.3, -0.25) is 14.5 Å². The van der Waals surface area contributed by atoms with E-state index in [-0.39, 0.29) is 92.8 Å². The normalized spacial score (nSPS) is 19.0. The summed E-state index contributed by atoms with van der Waals surface area (Å²) >= 11 is 2.06. The molecule has 38 heavy (non-hydrogen) atoms. The van der Waals surface area contributed by atoms with E-state index >= 15 is 0 Å². The third-order valence-corrected chi connectivity index (χ3v) is 7.99. The molecule has 1 aromatic carbocycles. The average Bonchev–Trinajstić information content (AvgIpc) is 3.26. The van der Waals surface area contributed by atoms with Crippen LogP contribution in [-0.4, -0.2) is 89.7 Å². The minimum Gasteiger partial charge on any atom is -0.747 e. The van der Waals surface area contributed by atoms with Crippen LogP contribution in [0.25, 0.3) is 0 Å². The van der Waals surface area contributed by atoms with Crippen LogP contribution in [0, 0.1) is 0 Å². The van der Waals surface area contributed by atoms with Gasteiger partial charge in [0.25, 0.3) is 11.8 Å². The quantitative estimate of drug-likeness (QED) is 0.0520. The summed E-state index contributed by atoms with van der Waals surface area (Å²) in [6, 6.07) is 7.00. The number of hydrogen-bond acceptors (Lipinski definition) is 14. The van der Waals surface area contributed by atoms with Gasteiger partial charge in [-0.1, -0.05) is 47.2 Å². The molecule has 1 saturated heterocycles. The Balaban J connectivity index is 0.00000253. The Bertz CT molecular complexity index is 1390. The molecule has 2 atom stereocenters. The van der Waals surface area contributed by atoms with Crippen LogP contribution in [0.5, 0.6) is 0 Å². The van der Waals surface area contributed by atoms with Gasteiger partial charge in [0.1, 0.15) is 27.4 Å². The Morgan fingerprint density at radius 1 is 1.26 bits per heavy atom. The van der Waals surface area contributed by atoms with E-state index in [0.717, 1.165) is 21.3 Å². The van der Waals surface area contributed by atoms with Gasteiger partial charge < -0.3 is 25.0 Å². The van der Waals surface area contributed by atoms with Gasteiger partial charge in [-0.25, -0.2) is 13.1 Å². The maximum absolute atomic E-state index is 12.8. The predicted molar refractivity (Wildman–Crippen MR) is 120 cm³/mol. The van der Waals surface area contributed by atoms with Crippen molar-refractivity contribution in [3.05, 3.63) is 47.2 Å². The molecule has 0 bridgehead atoms. The second kappa shape index (κ2) is 13.7.